The van der Waals surface area contributed by atoms with Crippen molar-refractivity contribution in [3.63, 3.8) is 0 Å². The highest BCUT2D eigenvalue weighted by atomic mass is 16.5. The zero-order valence-electron chi connectivity index (χ0n) is 11.2. The van der Waals surface area contributed by atoms with Crippen molar-refractivity contribution >= 4 is 11.8 Å². The molecular weight excluding hydrogens is 220 g/mol. The van der Waals surface area contributed by atoms with Crippen LogP contribution < -0.4 is 10.6 Å². The molecule has 0 fully saturated rings. The molecule has 0 bridgehead atoms. The quantitative estimate of drug-likeness (QED) is 0.664. The number of carbonyl (C=O) groups is 2. The normalized spacial score (nSPS) is 13.9. The van der Waals surface area contributed by atoms with E-state index in [1.54, 1.807) is 0 Å². The molecular formula is C12H24N2O3. The Morgan fingerprint density at radius 1 is 0.941 bits per heavy atom. The molecule has 17 heavy (non-hydrogen) atoms. The largest absolute Gasteiger partial charge is 0.377 e. The summed E-state index contributed by atoms with van der Waals surface area (Å²) >= 11 is 0. The van der Waals surface area contributed by atoms with E-state index in [1.165, 1.54) is 0 Å². The number of hydrogen-bond donors (Lipinski definition) is 2. The predicted octanol–water partition coefficient (Wildman–Crippen LogP) is 0.832. The van der Waals surface area contributed by atoms with Crippen molar-refractivity contribution in [3.05, 3.63) is 0 Å². The summed E-state index contributed by atoms with van der Waals surface area (Å²) in [6, 6.07) is -0.00643. The van der Waals surface area contributed by atoms with Gasteiger partial charge in [0.1, 0.15) is 0 Å². The molecule has 2 N–H and O–H groups in total. The first-order valence-electron chi connectivity index (χ1n) is 6.16. The van der Waals surface area contributed by atoms with E-state index in [1.807, 2.05) is 27.7 Å². The lowest BCUT2D eigenvalue weighted by Gasteiger charge is -2.17. The summed E-state index contributed by atoms with van der Waals surface area (Å²) in [6.45, 7) is 8.32. The molecule has 100 valence electrons. The molecule has 5 nitrogen and oxygen atoms in total. The summed E-state index contributed by atoms with van der Waals surface area (Å²) in [5.41, 5.74) is 0. The highest BCUT2D eigenvalue weighted by molar-refractivity contribution is 5.76. The van der Waals surface area contributed by atoms with Gasteiger partial charge in [0.2, 0.25) is 11.8 Å². The summed E-state index contributed by atoms with van der Waals surface area (Å²) in [7, 11) is 0. The van der Waals surface area contributed by atoms with E-state index < -0.39 is 0 Å². The van der Waals surface area contributed by atoms with Gasteiger partial charge in [0.15, 0.2) is 0 Å². The minimum Gasteiger partial charge on any atom is -0.377 e. The fraction of sp³-hybridized carbons (Fsp3) is 0.833. The number of amides is 2. The predicted molar refractivity (Wildman–Crippen MR) is 66.6 cm³/mol. The molecule has 0 aromatic rings. The van der Waals surface area contributed by atoms with Gasteiger partial charge in [-0.2, -0.15) is 0 Å². The van der Waals surface area contributed by atoms with E-state index in [9.17, 15) is 9.59 Å². The van der Waals surface area contributed by atoms with Crippen LogP contribution in [-0.4, -0.2) is 37.1 Å². The maximum absolute atomic E-state index is 11.1. The van der Waals surface area contributed by atoms with Gasteiger partial charge in [-0.3, -0.25) is 9.59 Å². The van der Waals surface area contributed by atoms with Gasteiger partial charge >= 0.3 is 0 Å². The van der Waals surface area contributed by atoms with Crippen LogP contribution in [0.5, 0.6) is 0 Å². The van der Waals surface area contributed by atoms with Crippen molar-refractivity contribution in [2.24, 2.45) is 0 Å². The van der Waals surface area contributed by atoms with Crippen LogP contribution in [0.15, 0.2) is 0 Å². The van der Waals surface area contributed by atoms with Crippen molar-refractivity contribution in [2.45, 2.75) is 52.6 Å². The van der Waals surface area contributed by atoms with Crippen LogP contribution in [0.1, 0.15) is 40.5 Å². The molecule has 0 aliphatic rings. The van der Waals surface area contributed by atoms with Gasteiger partial charge in [-0.25, -0.2) is 0 Å². The highest BCUT2D eigenvalue weighted by Gasteiger charge is 2.08. The van der Waals surface area contributed by atoms with E-state index in [0.717, 1.165) is 0 Å². The zero-order chi connectivity index (χ0) is 13.3. The van der Waals surface area contributed by atoms with Crippen LogP contribution in [0.25, 0.3) is 0 Å². The van der Waals surface area contributed by atoms with Gasteiger partial charge in [-0.1, -0.05) is 13.8 Å². The summed E-state index contributed by atoms with van der Waals surface area (Å²) in [5, 5.41) is 5.61. The second kappa shape index (κ2) is 8.98. The minimum absolute atomic E-state index is 0.00322. The Morgan fingerprint density at radius 2 is 1.29 bits per heavy atom. The molecule has 0 saturated carbocycles. The van der Waals surface area contributed by atoms with Crippen LogP contribution in [-0.2, 0) is 14.3 Å². The first-order chi connectivity index (χ1) is 7.99. The fourth-order valence-corrected chi connectivity index (χ4v) is 1.26. The molecule has 0 spiro atoms. The maximum atomic E-state index is 11.1. The standard InChI is InChI=1S/C12H24N2O3/c1-5-11(15)13-9(3)7-17-8-10(4)14-12(16)6-2/h9-10H,5-8H2,1-4H3,(H,13,15)(H,14,16). The lowest BCUT2D eigenvalue weighted by molar-refractivity contribution is -0.122. The number of hydrogen-bond acceptors (Lipinski definition) is 3. The van der Waals surface area contributed by atoms with Gasteiger partial charge in [-0.05, 0) is 13.8 Å². The van der Waals surface area contributed by atoms with Crippen molar-refractivity contribution in [1.82, 2.24) is 10.6 Å². The first-order valence-corrected chi connectivity index (χ1v) is 6.16. The molecule has 0 saturated heterocycles. The Kier molecular flexibility index (Phi) is 8.40. The fourth-order valence-electron chi connectivity index (χ4n) is 1.26. The van der Waals surface area contributed by atoms with Crippen molar-refractivity contribution in [3.8, 4) is 0 Å². The topological polar surface area (TPSA) is 67.4 Å². The molecule has 5 heteroatoms. The maximum Gasteiger partial charge on any atom is 0.220 e. The van der Waals surface area contributed by atoms with Crippen molar-refractivity contribution in [2.75, 3.05) is 13.2 Å². The van der Waals surface area contributed by atoms with Gasteiger partial charge in [-0.15, -0.1) is 0 Å². The van der Waals surface area contributed by atoms with Gasteiger partial charge in [0.25, 0.3) is 0 Å². The number of rotatable bonds is 8. The number of ether oxygens (including phenoxy) is 1. The van der Waals surface area contributed by atoms with Crippen molar-refractivity contribution in [1.29, 1.82) is 0 Å². The molecule has 2 unspecified atom stereocenters. The van der Waals surface area contributed by atoms with Crippen LogP contribution in [0, 0.1) is 0 Å². The van der Waals surface area contributed by atoms with Gasteiger partial charge in [0.05, 0.1) is 13.2 Å². The molecule has 2 amide bonds. The zero-order valence-corrected chi connectivity index (χ0v) is 11.2. The lowest BCUT2D eigenvalue weighted by Crippen LogP contribution is -2.39. The summed E-state index contributed by atoms with van der Waals surface area (Å²) in [5.74, 6) is 0.0434. The minimum atomic E-state index is -0.00322. The van der Waals surface area contributed by atoms with E-state index in [0.29, 0.717) is 26.1 Å². The molecule has 0 rings (SSSR count). The number of carbonyl (C=O) groups excluding carboxylic acids is 2. The van der Waals surface area contributed by atoms with E-state index in [4.69, 9.17) is 4.74 Å². The van der Waals surface area contributed by atoms with E-state index >= 15 is 0 Å². The van der Waals surface area contributed by atoms with E-state index in [2.05, 4.69) is 10.6 Å². The Balaban J connectivity index is 3.61. The first kappa shape index (κ1) is 15.9. The van der Waals surface area contributed by atoms with Gasteiger partial charge < -0.3 is 15.4 Å². The lowest BCUT2D eigenvalue weighted by atomic mass is 10.3. The average Bonchev–Trinajstić information content (AvgIpc) is 2.28. The summed E-state index contributed by atoms with van der Waals surface area (Å²) in [4.78, 5) is 22.2. The Bertz CT molecular complexity index is 220. The smallest absolute Gasteiger partial charge is 0.220 e. The molecule has 0 heterocycles. The number of nitrogens with one attached hydrogen (secondary N) is 2. The summed E-state index contributed by atoms with van der Waals surface area (Å²) < 4.78 is 5.42. The molecule has 0 aliphatic heterocycles. The third-order valence-corrected chi connectivity index (χ3v) is 2.19. The van der Waals surface area contributed by atoms with Crippen molar-refractivity contribution < 1.29 is 14.3 Å². The monoisotopic (exact) mass is 244 g/mol. The Labute approximate surface area is 103 Å². The third kappa shape index (κ3) is 8.68. The average molecular weight is 244 g/mol. The van der Waals surface area contributed by atoms with Crippen LogP contribution in [0.3, 0.4) is 0 Å². The molecule has 0 aromatic carbocycles. The van der Waals surface area contributed by atoms with Crippen LogP contribution in [0.4, 0.5) is 0 Å². The van der Waals surface area contributed by atoms with E-state index in [-0.39, 0.29) is 23.9 Å². The SMILES string of the molecule is CCC(=O)NC(C)COCC(C)NC(=O)CC. The molecule has 0 radical (unpaired) electrons. The van der Waals surface area contributed by atoms with Gasteiger partial charge in [0, 0.05) is 24.9 Å². The Morgan fingerprint density at radius 3 is 1.59 bits per heavy atom. The molecule has 0 aromatic heterocycles. The highest BCUT2D eigenvalue weighted by Crippen LogP contribution is 1.90. The van der Waals surface area contributed by atoms with Crippen LogP contribution in [0.2, 0.25) is 0 Å². The summed E-state index contributed by atoms with van der Waals surface area (Å²) in [6.07, 6.45) is 0.959. The molecule has 0 aliphatic carbocycles. The third-order valence-electron chi connectivity index (χ3n) is 2.19. The Hall–Kier alpha value is -1.10. The molecule has 2 atom stereocenters. The second-order valence-corrected chi connectivity index (χ2v) is 4.18. The van der Waals surface area contributed by atoms with Crippen LogP contribution >= 0.6 is 0 Å². The second-order valence-electron chi connectivity index (χ2n) is 4.18.